The maximum Gasteiger partial charge on any atom is 0.310 e. The zero-order valence-corrected chi connectivity index (χ0v) is 4.59. The molecule has 0 saturated carbocycles. The predicted molar refractivity (Wildman–Crippen MR) is 34.1 cm³/mol. The molecule has 2 unspecified atom stereocenters. The van der Waals surface area contributed by atoms with E-state index in [0.717, 1.165) is 12.2 Å². The Bertz CT molecular complexity index is 325. The molecule has 2 heteroatoms. The van der Waals surface area contributed by atoms with Gasteiger partial charge >= 0.3 is 5.97 Å². The van der Waals surface area contributed by atoms with E-state index in [4.69, 9.17) is 13.3 Å². The van der Waals surface area contributed by atoms with Crippen molar-refractivity contribution in [2.75, 3.05) is 0 Å². The van der Waals surface area contributed by atoms with Crippen LogP contribution in [0.25, 0.3) is 0 Å². The second kappa shape index (κ2) is 2.67. The first-order chi connectivity index (χ1) is 6.57. The molecule has 2 nitrogen and oxygen atoms in total. The molecule has 0 spiro atoms. The van der Waals surface area contributed by atoms with Gasteiger partial charge in [0.1, 0.15) is 0 Å². The Balaban J connectivity index is 3.37. The van der Waals surface area contributed by atoms with Crippen LogP contribution >= 0.6 is 0 Å². The van der Waals surface area contributed by atoms with Gasteiger partial charge < -0.3 is 5.11 Å². The summed E-state index contributed by atoms with van der Waals surface area (Å²) in [5.74, 6) is -4.45. The maximum atomic E-state index is 10.8. The number of rotatable bonds is 1. The fraction of sp³-hybridized carbons (Fsp3) is 0.571. The summed E-state index contributed by atoms with van der Waals surface area (Å²) in [5, 5.41) is 8.74. The molecule has 1 aliphatic carbocycles. The highest BCUT2D eigenvalue weighted by Gasteiger charge is 2.14. The molecule has 1 N–H and O–H groups in total. The Labute approximate surface area is 62.6 Å². The van der Waals surface area contributed by atoms with E-state index >= 15 is 0 Å². The molecule has 0 bridgehead atoms. The zero-order valence-electron chi connectivity index (χ0n) is 10.6. The fourth-order valence-corrected chi connectivity index (χ4v) is 0.478. The summed E-state index contributed by atoms with van der Waals surface area (Å²) >= 11 is 0. The van der Waals surface area contributed by atoms with E-state index in [-0.39, 0.29) is 0 Å². The van der Waals surface area contributed by atoms with Crippen LogP contribution < -0.4 is 0 Å². The Morgan fingerprint density at radius 2 is 2.78 bits per heavy atom. The molecule has 0 aromatic heterocycles. The number of carboxylic acids is 1. The van der Waals surface area contributed by atoms with Gasteiger partial charge in [-0.15, -0.1) is 0 Å². The minimum Gasteiger partial charge on any atom is -0.481 e. The van der Waals surface area contributed by atoms with Crippen molar-refractivity contribution in [3.63, 3.8) is 0 Å². The number of allylic oxidation sites excluding steroid dienone is 1. The molecule has 0 saturated heterocycles. The lowest BCUT2D eigenvalue weighted by molar-refractivity contribution is -0.140. The van der Waals surface area contributed by atoms with Crippen LogP contribution in [0, 0.1) is 5.89 Å². The van der Waals surface area contributed by atoms with Crippen molar-refractivity contribution in [2.24, 2.45) is 5.89 Å². The maximum absolute atomic E-state index is 10.8. The molecule has 1 aliphatic rings. The average Bonchev–Trinajstić information content (AvgIpc) is 2.10. The first kappa shape index (κ1) is 2.11. The largest absolute Gasteiger partial charge is 0.481 e. The van der Waals surface area contributed by atoms with E-state index in [1.807, 2.05) is 0 Å². The molecule has 0 aromatic rings. The molecular formula is C7H10O2. The van der Waals surface area contributed by atoms with Gasteiger partial charge in [0, 0.05) is 8.22 Å². The molecule has 0 aromatic carbocycles. The van der Waals surface area contributed by atoms with Gasteiger partial charge in [-0.3, -0.25) is 4.79 Å². The topological polar surface area (TPSA) is 37.3 Å². The second-order valence-electron chi connectivity index (χ2n) is 1.51. The van der Waals surface area contributed by atoms with Gasteiger partial charge in [-0.1, -0.05) is 12.2 Å². The normalized spacial score (nSPS) is 63.3. The summed E-state index contributed by atoms with van der Waals surface area (Å²) in [4.78, 5) is 10.8. The van der Waals surface area contributed by atoms with Gasteiger partial charge in [-0.05, 0) is 19.1 Å². The minimum absolute atomic E-state index is 0.730. The SMILES string of the molecule is [2H]C1C=CC([2H])(C(=O)O)C([2H])([2H])C1([2H])[2H]. The second-order valence-corrected chi connectivity index (χ2v) is 1.51. The van der Waals surface area contributed by atoms with Crippen LogP contribution in [0.4, 0.5) is 0 Å². The van der Waals surface area contributed by atoms with E-state index in [1.165, 1.54) is 0 Å². The van der Waals surface area contributed by atoms with Crippen molar-refractivity contribution in [3.8, 4) is 0 Å². The Morgan fingerprint density at radius 1 is 2.00 bits per heavy atom. The van der Waals surface area contributed by atoms with Crippen LogP contribution in [-0.4, -0.2) is 11.1 Å². The minimum atomic E-state index is -2.95. The fourth-order valence-electron chi connectivity index (χ4n) is 0.478. The van der Waals surface area contributed by atoms with Crippen molar-refractivity contribution in [3.05, 3.63) is 12.2 Å². The van der Waals surface area contributed by atoms with Crippen molar-refractivity contribution < 1.29 is 18.1 Å². The van der Waals surface area contributed by atoms with Gasteiger partial charge in [-0.2, -0.15) is 0 Å². The molecule has 0 aliphatic heterocycles. The smallest absolute Gasteiger partial charge is 0.310 e. The van der Waals surface area contributed by atoms with Crippen molar-refractivity contribution in [1.29, 1.82) is 0 Å². The lowest BCUT2D eigenvalue weighted by Crippen LogP contribution is -2.12. The zero-order chi connectivity index (χ0) is 12.1. The van der Waals surface area contributed by atoms with Gasteiger partial charge in [0.25, 0.3) is 0 Å². The first-order valence-corrected chi connectivity index (χ1v) is 2.42. The van der Waals surface area contributed by atoms with Crippen LogP contribution in [0.3, 0.4) is 0 Å². The van der Waals surface area contributed by atoms with Crippen LogP contribution in [0.1, 0.15) is 27.4 Å². The Morgan fingerprint density at radius 3 is 3.44 bits per heavy atom. The van der Waals surface area contributed by atoms with Crippen LogP contribution in [-0.2, 0) is 4.79 Å². The lowest BCUT2D eigenvalue weighted by atomic mass is 9.96. The highest BCUT2D eigenvalue weighted by Crippen LogP contribution is 2.16. The summed E-state index contributed by atoms with van der Waals surface area (Å²) in [6.07, 6.45) is -5.53. The van der Waals surface area contributed by atoms with Crippen molar-refractivity contribution >= 4 is 5.97 Å². The van der Waals surface area contributed by atoms with Crippen LogP contribution in [0.2, 0.25) is 0 Å². The highest BCUT2D eigenvalue weighted by molar-refractivity contribution is 5.72. The summed E-state index contributed by atoms with van der Waals surface area (Å²) in [6, 6.07) is 0. The molecule has 50 valence electrons. The number of carboxylic acid groups (broad SMARTS) is 1. The van der Waals surface area contributed by atoms with Crippen molar-refractivity contribution in [1.82, 2.24) is 0 Å². The predicted octanol–water partition coefficient (Wildman–Crippen LogP) is 1.43. The molecule has 0 amide bonds. The van der Waals surface area contributed by atoms with E-state index in [0.29, 0.717) is 0 Å². The third-order valence-corrected chi connectivity index (χ3v) is 0.880. The van der Waals surface area contributed by atoms with Crippen LogP contribution in [0.5, 0.6) is 0 Å². The molecule has 0 fully saturated rings. The van der Waals surface area contributed by atoms with Gasteiger partial charge in [0.2, 0.25) is 0 Å². The summed E-state index contributed by atoms with van der Waals surface area (Å²) in [5.41, 5.74) is 0. The monoisotopic (exact) mass is 132 g/mol. The molecular weight excluding hydrogens is 116 g/mol. The third-order valence-electron chi connectivity index (χ3n) is 0.880. The quantitative estimate of drug-likeness (QED) is 0.548. The van der Waals surface area contributed by atoms with E-state index in [1.54, 1.807) is 0 Å². The summed E-state index contributed by atoms with van der Waals surface area (Å²) in [7, 11) is 0. The molecule has 9 heavy (non-hydrogen) atoms. The first-order valence-electron chi connectivity index (χ1n) is 5.50. The Kier molecular flexibility index (Phi) is 0.626. The van der Waals surface area contributed by atoms with Gasteiger partial charge in [0.05, 0.1) is 5.89 Å². The summed E-state index contributed by atoms with van der Waals surface area (Å²) in [6.45, 7) is 0. The number of carbonyl (C=O) groups is 1. The van der Waals surface area contributed by atoms with Gasteiger partial charge in [0.15, 0.2) is 0 Å². The highest BCUT2D eigenvalue weighted by atomic mass is 16.4. The van der Waals surface area contributed by atoms with Crippen molar-refractivity contribution in [2.45, 2.75) is 19.1 Å². The average molecular weight is 132 g/mol. The molecule has 0 radical (unpaired) electrons. The third kappa shape index (κ3) is 1.56. The van der Waals surface area contributed by atoms with E-state index in [9.17, 15) is 4.79 Å². The van der Waals surface area contributed by atoms with E-state index in [2.05, 4.69) is 0 Å². The van der Waals surface area contributed by atoms with Gasteiger partial charge in [-0.25, -0.2) is 0 Å². The standard InChI is InChI=1S/C7H10O2/c8-7(9)6-4-2-1-3-5-6/h2,4,6H,1,3,5H2,(H,8,9)/i1D,3D2,5D2,6D. The molecule has 0 heterocycles. The van der Waals surface area contributed by atoms with E-state index < -0.39 is 31.0 Å². The Hall–Kier alpha value is -0.790. The number of hydrogen-bond acceptors (Lipinski definition) is 1. The van der Waals surface area contributed by atoms with Crippen LogP contribution in [0.15, 0.2) is 12.2 Å². The molecule has 1 rings (SSSR count). The summed E-state index contributed by atoms with van der Waals surface area (Å²) < 4.78 is 44.2. The molecule has 2 atom stereocenters. The lowest BCUT2D eigenvalue weighted by Gasteiger charge is -2.09. The number of aliphatic carboxylic acids is 1. The number of hydrogen-bond donors (Lipinski definition) is 1.